The van der Waals surface area contributed by atoms with Gasteiger partial charge in [-0.15, -0.1) is 9.03 Å². The Morgan fingerprint density at radius 2 is 0.977 bits per heavy atom. The number of nitrogens with zero attached hydrogens (tertiary/aromatic N) is 5. The van der Waals surface area contributed by atoms with Crippen LogP contribution in [-0.4, -0.2) is 14.0 Å². The van der Waals surface area contributed by atoms with Gasteiger partial charge in [0.15, 0.2) is 11.1 Å². The van der Waals surface area contributed by atoms with Crippen molar-refractivity contribution in [1.82, 2.24) is 14.0 Å². The minimum Gasteiger partial charge on any atom is -0.455 e. The molecule has 1 unspecified atom stereocenters. The molecule has 6 heteroatoms. The van der Waals surface area contributed by atoms with Gasteiger partial charge in [0, 0.05) is 39.9 Å². The molecule has 0 N–H and O–H groups in total. The van der Waals surface area contributed by atoms with Crippen LogP contribution in [0.2, 0.25) is 0 Å². The van der Waals surface area contributed by atoms with Crippen molar-refractivity contribution < 1.29 is 14.1 Å². The molecular weight excluding hydrogens is 542 g/mol. The zero-order valence-electron chi connectivity index (χ0n) is 23.1. The largest absolute Gasteiger partial charge is 0.470 e. The number of benzene rings is 5. The van der Waals surface area contributed by atoms with Gasteiger partial charge in [-0.25, -0.2) is 0 Å². The van der Waals surface area contributed by atoms with Crippen molar-refractivity contribution in [3.63, 3.8) is 0 Å². The summed E-state index contributed by atoms with van der Waals surface area (Å²) in [4.78, 5) is 4.99. The summed E-state index contributed by atoms with van der Waals surface area (Å²) >= 11 is 0. The molecule has 8 heterocycles. The predicted octanol–water partition coefficient (Wildman–Crippen LogP) is 7.11. The highest BCUT2D eigenvalue weighted by molar-refractivity contribution is 6.21. The summed E-state index contributed by atoms with van der Waals surface area (Å²) in [6, 6.07) is 39.7. The maximum atomic E-state index is 6.92. The van der Waals surface area contributed by atoms with E-state index in [0.717, 1.165) is 33.3 Å². The lowest BCUT2D eigenvalue weighted by Crippen LogP contribution is -2.74. The summed E-state index contributed by atoms with van der Waals surface area (Å²) in [5, 5.41) is 8.50. The first-order valence-electron chi connectivity index (χ1n) is 15.1. The maximum Gasteiger partial charge on any atom is 0.470 e. The van der Waals surface area contributed by atoms with Gasteiger partial charge in [0.05, 0.1) is 16.3 Å². The van der Waals surface area contributed by atoms with Crippen LogP contribution in [-0.2, 0) is 5.66 Å². The molecule has 0 amide bonds. The third kappa shape index (κ3) is 1.81. The smallest absolute Gasteiger partial charge is 0.455 e. The van der Waals surface area contributed by atoms with Gasteiger partial charge in [0.1, 0.15) is 33.6 Å². The topological polar surface area (TPSA) is 38.7 Å². The van der Waals surface area contributed by atoms with Crippen molar-refractivity contribution in [3.8, 4) is 11.5 Å². The number of ether oxygens (including phenoxy) is 1. The number of hydrogen-bond donors (Lipinski definition) is 0. The maximum absolute atomic E-state index is 6.92. The predicted molar refractivity (Wildman–Crippen MR) is 170 cm³/mol. The molecule has 0 saturated carbocycles. The van der Waals surface area contributed by atoms with Gasteiger partial charge >= 0.3 is 5.66 Å². The second-order valence-electron chi connectivity index (χ2n) is 12.4. The Bertz CT molecular complexity index is 2880. The molecule has 0 radical (unpaired) electrons. The van der Waals surface area contributed by atoms with E-state index in [1.54, 1.807) is 0 Å². The minimum absolute atomic E-state index is 0.723. The third-order valence-corrected chi connectivity index (χ3v) is 10.6. The number of hydrogen-bond acceptors (Lipinski definition) is 2. The van der Waals surface area contributed by atoms with Crippen LogP contribution in [0.15, 0.2) is 115 Å². The molecule has 13 rings (SSSR count). The SMILES string of the molecule is c1ccc2c(c1)c1ccc3c4c1n1c2c2ccccc2[n+]1C41c2c(ccc4c5ncccc5c5c6ccccc6[n+]1n5c24)O3. The van der Waals surface area contributed by atoms with Gasteiger partial charge in [0.25, 0.3) is 0 Å². The number of pyridine rings is 3. The molecular formula is C38H19N5O+2. The molecule has 200 valence electrons. The van der Waals surface area contributed by atoms with Crippen molar-refractivity contribution in [2.75, 3.05) is 0 Å². The molecule has 3 aliphatic rings. The highest BCUT2D eigenvalue weighted by atomic mass is 16.5. The first-order chi connectivity index (χ1) is 21.9. The van der Waals surface area contributed by atoms with Crippen LogP contribution in [0, 0.1) is 0 Å². The lowest BCUT2D eigenvalue weighted by atomic mass is 9.84. The molecule has 0 aliphatic carbocycles. The highest BCUT2D eigenvalue weighted by Crippen LogP contribution is 2.57. The molecule has 44 heavy (non-hydrogen) atoms. The van der Waals surface area contributed by atoms with Gasteiger partial charge in [-0.3, -0.25) is 4.98 Å². The minimum atomic E-state index is -0.723. The van der Waals surface area contributed by atoms with Crippen molar-refractivity contribution >= 4 is 76.3 Å². The Labute approximate surface area is 247 Å². The average molecular weight is 562 g/mol. The Morgan fingerprint density at radius 1 is 0.477 bits per heavy atom. The fourth-order valence-corrected chi connectivity index (χ4v) is 9.27. The average Bonchev–Trinajstić information content (AvgIpc) is 3.79. The molecule has 1 spiro atoms. The number of aromatic nitrogens is 5. The molecule has 10 aromatic rings. The monoisotopic (exact) mass is 561 g/mol. The van der Waals surface area contributed by atoms with Gasteiger partial charge in [-0.05, 0) is 63.3 Å². The highest BCUT2D eigenvalue weighted by Gasteiger charge is 2.73. The molecule has 6 nitrogen and oxygen atoms in total. The Hall–Kier alpha value is -6.01. The van der Waals surface area contributed by atoms with E-state index < -0.39 is 5.66 Å². The quantitative estimate of drug-likeness (QED) is 0.146. The fourth-order valence-electron chi connectivity index (χ4n) is 9.27. The van der Waals surface area contributed by atoms with Crippen LogP contribution in [0.5, 0.6) is 11.5 Å². The van der Waals surface area contributed by atoms with Crippen molar-refractivity contribution in [3.05, 3.63) is 127 Å². The normalized spacial score (nSPS) is 17.4. The van der Waals surface area contributed by atoms with Crippen LogP contribution in [0.4, 0.5) is 0 Å². The zero-order chi connectivity index (χ0) is 28.1. The third-order valence-electron chi connectivity index (χ3n) is 10.6. The van der Waals surface area contributed by atoms with Crippen LogP contribution in [0.1, 0.15) is 11.1 Å². The standard InChI is InChI=1S/C38H19N5O/c1-2-9-21-20(8-1)22-15-17-29-31-36(22)40-34(21)23-10-3-5-13-27(23)42(40)38(31)32-30(44-29)18-16-26-33-25(12-7-19-39-33)35-24-11-4-6-14-28(24)43(38)41(35)37(26)32/h1-19H/q+2. The molecule has 5 aromatic heterocycles. The van der Waals surface area contributed by atoms with Gasteiger partial charge in [0.2, 0.25) is 11.0 Å². The summed E-state index contributed by atoms with van der Waals surface area (Å²) in [5.74, 6) is 1.80. The van der Waals surface area contributed by atoms with E-state index in [-0.39, 0.29) is 0 Å². The van der Waals surface area contributed by atoms with Crippen molar-refractivity contribution in [1.29, 1.82) is 0 Å². The fraction of sp³-hybridized carbons (Fsp3) is 0.0263. The summed E-state index contributed by atoms with van der Waals surface area (Å²) in [7, 11) is 0. The van der Waals surface area contributed by atoms with E-state index in [1.807, 2.05) is 6.20 Å². The van der Waals surface area contributed by atoms with E-state index in [0.29, 0.717) is 0 Å². The summed E-state index contributed by atoms with van der Waals surface area (Å²) < 4.78 is 17.0. The summed E-state index contributed by atoms with van der Waals surface area (Å²) in [6.45, 7) is 0. The van der Waals surface area contributed by atoms with Crippen LogP contribution < -0.4 is 14.1 Å². The number of para-hydroxylation sites is 2. The Morgan fingerprint density at radius 3 is 1.68 bits per heavy atom. The van der Waals surface area contributed by atoms with Crippen LogP contribution in [0.3, 0.4) is 0 Å². The molecule has 5 aromatic carbocycles. The van der Waals surface area contributed by atoms with Gasteiger partial charge in [-0.2, -0.15) is 0 Å². The Balaban J connectivity index is 1.45. The van der Waals surface area contributed by atoms with E-state index in [1.165, 1.54) is 65.6 Å². The van der Waals surface area contributed by atoms with Crippen LogP contribution in [0.25, 0.3) is 76.3 Å². The van der Waals surface area contributed by atoms with Crippen molar-refractivity contribution in [2.24, 2.45) is 0 Å². The van der Waals surface area contributed by atoms with E-state index >= 15 is 0 Å². The van der Waals surface area contributed by atoms with Crippen molar-refractivity contribution in [2.45, 2.75) is 5.66 Å². The zero-order valence-corrected chi connectivity index (χ0v) is 23.1. The molecule has 0 fully saturated rings. The van der Waals surface area contributed by atoms with Gasteiger partial charge < -0.3 is 4.74 Å². The first kappa shape index (κ1) is 20.8. The molecule has 1 atom stereocenters. The second kappa shape index (κ2) is 6.33. The lowest BCUT2D eigenvalue weighted by molar-refractivity contribution is -0.992. The molecule has 3 aliphatic heterocycles. The molecule has 0 saturated heterocycles. The second-order valence-corrected chi connectivity index (χ2v) is 12.4. The van der Waals surface area contributed by atoms with Crippen LogP contribution >= 0.6 is 0 Å². The lowest BCUT2D eigenvalue weighted by Gasteiger charge is -2.23. The number of rotatable bonds is 0. The summed E-state index contributed by atoms with van der Waals surface area (Å²) in [6.07, 6.45) is 1.91. The summed E-state index contributed by atoms with van der Waals surface area (Å²) in [5.41, 5.74) is 9.82. The van der Waals surface area contributed by atoms with Gasteiger partial charge in [-0.1, -0.05) is 48.5 Å². The number of fused-ring (bicyclic) bond motifs is 12. The molecule has 0 bridgehead atoms. The van der Waals surface area contributed by atoms with E-state index in [2.05, 4.69) is 128 Å². The van der Waals surface area contributed by atoms with E-state index in [4.69, 9.17) is 9.72 Å². The Kier molecular flexibility index (Phi) is 2.99. The van der Waals surface area contributed by atoms with E-state index in [9.17, 15) is 0 Å². The first-order valence-corrected chi connectivity index (χ1v) is 15.1.